The molecule has 1 fully saturated rings. The Bertz CT molecular complexity index is 1440. The van der Waals surface area contributed by atoms with Gasteiger partial charge in [0, 0.05) is 67.0 Å². The Morgan fingerprint density at radius 2 is 1.89 bits per heavy atom. The van der Waals surface area contributed by atoms with Crippen LogP contribution in [0.1, 0.15) is 51.7 Å². The second-order valence-electron chi connectivity index (χ2n) is 9.12. The van der Waals surface area contributed by atoms with Crippen molar-refractivity contribution in [2.75, 3.05) is 26.3 Å². The highest BCUT2D eigenvalue weighted by Gasteiger charge is 2.22. The third kappa shape index (κ3) is 4.50. The fraction of sp³-hybridized carbons (Fsp3) is 0.296. The number of hydrogen-bond donors (Lipinski definition) is 1. The molecule has 1 aliphatic rings. The molecule has 184 valence electrons. The summed E-state index contributed by atoms with van der Waals surface area (Å²) in [6.45, 7) is 7.22. The van der Waals surface area contributed by atoms with Crippen molar-refractivity contribution in [3.63, 3.8) is 0 Å². The van der Waals surface area contributed by atoms with Gasteiger partial charge in [-0.2, -0.15) is 0 Å². The molecule has 0 bridgehead atoms. The predicted octanol–water partition coefficient (Wildman–Crippen LogP) is 3.84. The van der Waals surface area contributed by atoms with Crippen LogP contribution in [-0.4, -0.2) is 67.6 Å². The van der Waals surface area contributed by atoms with Crippen molar-refractivity contribution in [2.24, 2.45) is 0 Å². The van der Waals surface area contributed by atoms with Gasteiger partial charge in [-0.15, -0.1) is 0 Å². The van der Waals surface area contributed by atoms with Crippen LogP contribution in [0.25, 0.3) is 22.2 Å². The Labute approximate surface area is 208 Å². The van der Waals surface area contributed by atoms with Crippen LogP contribution in [0.5, 0.6) is 0 Å². The lowest BCUT2D eigenvalue weighted by Crippen LogP contribution is -2.36. The van der Waals surface area contributed by atoms with E-state index in [2.05, 4.69) is 19.9 Å². The van der Waals surface area contributed by atoms with E-state index in [-0.39, 0.29) is 17.4 Å². The molecule has 9 heteroatoms. The summed E-state index contributed by atoms with van der Waals surface area (Å²) in [7, 11) is 0. The number of ketones is 1. The van der Waals surface area contributed by atoms with Crippen LogP contribution in [0.3, 0.4) is 0 Å². The summed E-state index contributed by atoms with van der Waals surface area (Å²) in [5, 5.41) is 10.6. The number of carbonyl (C=O) groups is 2. The highest BCUT2D eigenvalue weighted by molar-refractivity contribution is 6.16. The van der Waals surface area contributed by atoms with Gasteiger partial charge in [-0.25, -0.2) is 14.8 Å². The summed E-state index contributed by atoms with van der Waals surface area (Å²) >= 11 is 0. The predicted molar refractivity (Wildman–Crippen MR) is 134 cm³/mol. The molecule has 0 amide bonds. The Kier molecular flexibility index (Phi) is 6.58. The number of carbonyl (C=O) groups excluding carboxylic acids is 1. The zero-order valence-corrected chi connectivity index (χ0v) is 20.2. The first-order valence-corrected chi connectivity index (χ1v) is 11.9. The van der Waals surface area contributed by atoms with Crippen molar-refractivity contribution < 1.29 is 19.4 Å². The number of hydrogen-bond acceptors (Lipinski definition) is 7. The van der Waals surface area contributed by atoms with Gasteiger partial charge in [0.2, 0.25) is 0 Å². The minimum Gasteiger partial charge on any atom is -0.478 e. The lowest BCUT2D eigenvalue weighted by atomic mass is 9.94. The van der Waals surface area contributed by atoms with Crippen molar-refractivity contribution in [1.82, 2.24) is 24.4 Å². The Morgan fingerprint density at radius 1 is 1.08 bits per heavy atom. The number of ether oxygens (including phenoxy) is 1. The molecule has 1 aromatic carbocycles. The molecule has 5 rings (SSSR count). The van der Waals surface area contributed by atoms with Gasteiger partial charge >= 0.3 is 5.97 Å². The summed E-state index contributed by atoms with van der Waals surface area (Å²) < 4.78 is 7.40. The summed E-state index contributed by atoms with van der Waals surface area (Å²) in [4.78, 5) is 40.7. The molecule has 4 heterocycles. The van der Waals surface area contributed by atoms with E-state index in [0.717, 1.165) is 18.7 Å². The largest absolute Gasteiger partial charge is 0.478 e. The quantitative estimate of drug-likeness (QED) is 0.393. The molecule has 1 aliphatic heterocycles. The Balaban J connectivity index is 1.56. The van der Waals surface area contributed by atoms with Gasteiger partial charge in [-0.05, 0) is 37.1 Å². The zero-order valence-electron chi connectivity index (χ0n) is 20.2. The molecule has 9 nitrogen and oxygen atoms in total. The number of carboxylic acid groups (broad SMARTS) is 1. The van der Waals surface area contributed by atoms with Crippen LogP contribution in [0.15, 0.2) is 55.4 Å². The minimum absolute atomic E-state index is 0.120. The molecular weight excluding hydrogens is 458 g/mol. The summed E-state index contributed by atoms with van der Waals surface area (Å²) in [5.41, 5.74) is 4.00. The van der Waals surface area contributed by atoms with Gasteiger partial charge in [-0.3, -0.25) is 14.7 Å². The first-order chi connectivity index (χ1) is 17.4. The highest BCUT2D eigenvalue weighted by Crippen LogP contribution is 2.30. The molecule has 36 heavy (non-hydrogen) atoms. The molecule has 0 atom stereocenters. The maximum absolute atomic E-state index is 13.6. The van der Waals surface area contributed by atoms with Gasteiger partial charge in [0.1, 0.15) is 12.0 Å². The SMILES string of the molecule is CC(C)n1cc(C(=O)c2cncc(-c3cccc(C(=O)O)c3CN3CCOCC3)c2)c2cncnc21. The van der Waals surface area contributed by atoms with Crippen molar-refractivity contribution >= 4 is 22.8 Å². The smallest absolute Gasteiger partial charge is 0.336 e. The summed E-state index contributed by atoms with van der Waals surface area (Å²) in [6.07, 6.45) is 8.15. The molecule has 0 saturated carbocycles. The number of pyridine rings is 1. The molecular formula is C27H27N5O4. The van der Waals surface area contributed by atoms with E-state index >= 15 is 0 Å². The lowest BCUT2D eigenvalue weighted by molar-refractivity contribution is 0.0340. The molecule has 0 spiro atoms. The number of morpholine rings is 1. The average Bonchev–Trinajstić information content (AvgIpc) is 3.29. The van der Waals surface area contributed by atoms with E-state index < -0.39 is 5.97 Å². The maximum atomic E-state index is 13.6. The van der Waals surface area contributed by atoms with Crippen LogP contribution >= 0.6 is 0 Å². The second-order valence-corrected chi connectivity index (χ2v) is 9.12. The second kappa shape index (κ2) is 9.96. The van der Waals surface area contributed by atoms with E-state index in [0.29, 0.717) is 53.0 Å². The van der Waals surface area contributed by atoms with Crippen LogP contribution in [0.2, 0.25) is 0 Å². The van der Waals surface area contributed by atoms with Gasteiger partial charge in [-0.1, -0.05) is 12.1 Å². The van der Waals surface area contributed by atoms with Crippen LogP contribution < -0.4 is 0 Å². The number of carboxylic acids is 1. The average molecular weight is 486 g/mol. The molecule has 3 aromatic heterocycles. The molecule has 0 unspecified atom stereocenters. The van der Waals surface area contributed by atoms with Crippen LogP contribution in [-0.2, 0) is 11.3 Å². The molecule has 1 saturated heterocycles. The van der Waals surface area contributed by atoms with Gasteiger partial charge < -0.3 is 14.4 Å². The standard InChI is InChI=1S/C27H27N5O4/c1-17(2)32-15-24(22-13-29-16-30-26(22)32)25(33)19-10-18(11-28-12-19)20-4-3-5-21(27(34)35)23(20)14-31-6-8-36-9-7-31/h3-5,10-13,15-17H,6-9,14H2,1-2H3,(H,34,35). The molecule has 0 aliphatic carbocycles. The lowest BCUT2D eigenvalue weighted by Gasteiger charge is -2.28. The fourth-order valence-corrected chi connectivity index (χ4v) is 4.64. The minimum atomic E-state index is -0.984. The van der Waals surface area contributed by atoms with E-state index in [9.17, 15) is 14.7 Å². The topological polar surface area (TPSA) is 110 Å². The normalized spacial score (nSPS) is 14.4. The van der Waals surface area contributed by atoms with Crippen molar-refractivity contribution in [2.45, 2.75) is 26.4 Å². The number of fused-ring (bicyclic) bond motifs is 1. The molecule has 4 aromatic rings. The molecule has 1 N–H and O–H groups in total. The number of nitrogens with zero attached hydrogens (tertiary/aromatic N) is 5. The van der Waals surface area contributed by atoms with Crippen LogP contribution in [0, 0.1) is 0 Å². The maximum Gasteiger partial charge on any atom is 0.336 e. The highest BCUT2D eigenvalue weighted by atomic mass is 16.5. The van der Waals surface area contributed by atoms with E-state index in [1.165, 1.54) is 12.5 Å². The third-order valence-corrected chi connectivity index (χ3v) is 6.50. The van der Waals surface area contributed by atoms with E-state index in [4.69, 9.17) is 4.74 Å². The first-order valence-electron chi connectivity index (χ1n) is 11.9. The number of rotatable bonds is 7. The van der Waals surface area contributed by atoms with Crippen molar-refractivity contribution in [3.8, 4) is 11.1 Å². The van der Waals surface area contributed by atoms with Gasteiger partial charge in [0.15, 0.2) is 5.78 Å². The first kappa shape index (κ1) is 23.8. The zero-order chi connectivity index (χ0) is 25.2. The summed E-state index contributed by atoms with van der Waals surface area (Å²) in [6, 6.07) is 7.12. The Hall–Kier alpha value is -3.95. The number of aromatic carboxylic acids is 1. The monoisotopic (exact) mass is 485 g/mol. The van der Waals surface area contributed by atoms with E-state index in [1.807, 2.05) is 30.7 Å². The number of aromatic nitrogens is 4. The Morgan fingerprint density at radius 3 is 2.64 bits per heavy atom. The third-order valence-electron chi connectivity index (χ3n) is 6.50. The van der Waals surface area contributed by atoms with E-state index in [1.54, 1.807) is 30.6 Å². The van der Waals surface area contributed by atoms with Crippen LogP contribution in [0.4, 0.5) is 0 Å². The fourth-order valence-electron chi connectivity index (χ4n) is 4.64. The van der Waals surface area contributed by atoms with Crippen molar-refractivity contribution in [1.29, 1.82) is 0 Å². The van der Waals surface area contributed by atoms with Crippen molar-refractivity contribution in [3.05, 3.63) is 77.6 Å². The number of benzene rings is 1. The summed E-state index contributed by atoms with van der Waals surface area (Å²) in [5.74, 6) is -1.17. The molecule has 0 radical (unpaired) electrons. The van der Waals surface area contributed by atoms with Gasteiger partial charge in [0.25, 0.3) is 0 Å². The van der Waals surface area contributed by atoms with Gasteiger partial charge in [0.05, 0.1) is 24.3 Å².